The van der Waals surface area contributed by atoms with Crippen LogP contribution < -0.4 is 0 Å². The van der Waals surface area contributed by atoms with Crippen molar-refractivity contribution in [3.8, 4) is 0 Å². The predicted octanol–water partition coefficient (Wildman–Crippen LogP) is 4.18. The molecule has 0 aromatic carbocycles. The van der Waals surface area contributed by atoms with Crippen molar-refractivity contribution in [2.24, 2.45) is 17.8 Å². The second-order valence-electron chi connectivity index (χ2n) is 5.96. The molecular formula is C15H28O2. The number of unbranched alkanes of at least 4 members (excludes halogenated alkanes) is 1. The summed E-state index contributed by atoms with van der Waals surface area (Å²) in [6, 6.07) is 0. The van der Waals surface area contributed by atoms with Crippen LogP contribution in [0.15, 0.2) is 0 Å². The Labute approximate surface area is 106 Å². The van der Waals surface area contributed by atoms with E-state index >= 15 is 0 Å². The lowest BCUT2D eigenvalue weighted by Crippen LogP contribution is -2.35. The maximum atomic E-state index is 11.7. The molecule has 0 aromatic heterocycles. The zero-order valence-electron chi connectivity index (χ0n) is 11.9. The molecule has 1 fully saturated rings. The number of esters is 1. The van der Waals surface area contributed by atoms with E-state index in [1.807, 2.05) is 0 Å². The molecule has 1 saturated carbocycles. The number of hydrogen-bond acceptors (Lipinski definition) is 2. The van der Waals surface area contributed by atoms with Crippen LogP contribution in [0.25, 0.3) is 0 Å². The first-order valence-corrected chi connectivity index (χ1v) is 7.24. The smallest absolute Gasteiger partial charge is 0.306 e. The highest BCUT2D eigenvalue weighted by Crippen LogP contribution is 2.35. The fourth-order valence-corrected chi connectivity index (χ4v) is 2.80. The van der Waals surface area contributed by atoms with Crippen LogP contribution in [0.3, 0.4) is 0 Å². The second-order valence-corrected chi connectivity index (χ2v) is 5.96. The summed E-state index contributed by atoms with van der Waals surface area (Å²) in [5, 5.41) is 0. The van der Waals surface area contributed by atoms with Gasteiger partial charge in [0, 0.05) is 6.42 Å². The Morgan fingerprint density at radius 2 is 2.06 bits per heavy atom. The summed E-state index contributed by atoms with van der Waals surface area (Å²) in [5.41, 5.74) is 0. The molecule has 2 heteroatoms. The summed E-state index contributed by atoms with van der Waals surface area (Å²) in [5.74, 6) is 1.90. The van der Waals surface area contributed by atoms with Gasteiger partial charge in [-0.15, -0.1) is 0 Å². The van der Waals surface area contributed by atoms with Crippen molar-refractivity contribution in [3.63, 3.8) is 0 Å². The highest BCUT2D eigenvalue weighted by atomic mass is 16.5. The van der Waals surface area contributed by atoms with Crippen molar-refractivity contribution in [1.29, 1.82) is 0 Å². The number of carbonyl (C=O) groups is 1. The Morgan fingerprint density at radius 3 is 2.65 bits per heavy atom. The largest absolute Gasteiger partial charge is 0.462 e. The van der Waals surface area contributed by atoms with E-state index < -0.39 is 0 Å². The fraction of sp³-hybridized carbons (Fsp3) is 0.933. The predicted molar refractivity (Wildman–Crippen MR) is 70.7 cm³/mol. The molecule has 1 aliphatic rings. The Bertz CT molecular complexity index is 235. The lowest BCUT2D eigenvalue weighted by atomic mass is 9.75. The Hall–Kier alpha value is -0.530. The van der Waals surface area contributed by atoms with Gasteiger partial charge < -0.3 is 4.74 Å². The van der Waals surface area contributed by atoms with Gasteiger partial charge in [0.2, 0.25) is 0 Å². The standard InChI is InChI=1S/C15H28O2/c1-5-6-7-15(16)17-14-10-12(4)8-9-13(14)11(2)3/h11-14H,5-10H2,1-4H3/t12-,13-,14-/m1/s1. The minimum Gasteiger partial charge on any atom is -0.462 e. The summed E-state index contributed by atoms with van der Waals surface area (Å²) in [4.78, 5) is 11.7. The monoisotopic (exact) mass is 240 g/mol. The third-order valence-corrected chi connectivity index (χ3v) is 3.98. The van der Waals surface area contributed by atoms with Gasteiger partial charge in [-0.05, 0) is 37.0 Å². The molecule has 17 heavy (non-hydrogen) atoms. The molecule has 3 atom stereocenters. The molecule has 0 aliphatic heterocycles. The van der Waals surface area contributed by atoms with Crippen molar-refractivity contribution in [2.75, 3.05) is 0 Å². The quantitative estimate of drug-likeness (QED) is 0.674. The maximum Gasteiger partial charge on any atom is 0.306 e. The molecule has 0 saturated heterocycles. The van der Waals surface area contributed by atoms with Crippen molar-refractivity contribution in [2.45, 2.75) is 72.3 Å². The third-order valence-electron chi connectivity index (χ3n) is 3.98. The molecule has 1 aliphatic carbocycles. The molecule has 0 heterocycles. The molecule has 100 valence electrons. The molecule has 2 nitrogen and oxygen atoms in total. The van der Waals surface area contributed by atoms with Gasteiger partial charge in [-0.2, -0.15) is 0 Å². The van der Waals surface area contributed by atoms with Gasteiger partial charge in [-0.25, -0.2) is 0 Å². The number of hydrogen-bond donors (Lipinski definition) is 0. The van der Waals surface area contributed by atoms with E-state index in [0.29, 0.717) is 24.2 Å². The highest BCUT2D eigenvalue weighted by Gasteiger charge is 2.33. The topological polar surface area (TPSA) is 26.3 Å². The van der Waals surface area contributed by atoms with Crippen LogP contribution >= 0.6 is 0 Å². The summed E-state index contributed by atoms with van der Waals surface area (Å²) < 4.78 is 5.70. The molecule has 0 spiro atoms. The van der Waals surface area contributed by atoms with Crippen molar-refractivity contribution >= 4 is 5.97 Å². The Kier molecular flexibility index (Phi) is 6.01. The summed E-state index contributed by atoms with van der Waals surface area (Å²) in [6.07, 6.45) is 6.32. The number of carbonyl (C=O) groups excluding carboxylic acids is 1. The van der Waals surface area contributed by atoms with E-state index in [1.54, 1.807) is 0 Å². The van der Waals surface area contributed by atoms with Crippen molar-refractivity contribution in [1.82, 2.24) is 0 Å². The van der Waals surface area contributed by atoms with Gasteiger partial charge in [-0.1, -0.05) is 40.5 Å². The van der Waals surface area contributed by atoms with E-state index in [0.717, 1.165) is 19.3 Å². The maximum absolute atomic E-state index is 11.7. The SMILES string of the molecule is CCCCC(=O)O[C@@H]1C[C@H](C)CC[C@@H]1C(C)C. The molecular weight excluding hydrogens is 212 g/mol. The van der Waals surface area contributed by atoms with Crippen molar-refractivity contribution in [3.05, 3.63) is 0 Å². The van der Waals surface area contributed by atoms with Crippen LogP contribution in [-0.4, -0.2) is 12.1 Å². The van der Waals surface area contributed by atoms with Gasteiger partial charge in [-0.3, -0.25) is 4.79 Å². The van der Waals surface area contributed by atoms with E-state index in [9.17, 15) is 4.79 Å². The van der Waals surface area contributed by atoms with E-state index in [-0.39, 0.29) is 12.1 Å². The minimum atomic E-state index is 0.0107. The minimum absolute atomic E-state index is 0.0107. The van der Waals surface area contributed by atoms with Gasteiger partial charge in [0.05, 0.1) is 0 Å². The Balaban J connectivity index is 2.48. The molecule has 0 aromatic rings. The zero-order valence-corrected chi connectivity index (χ0v) is 11.9. The first-order valence-electron chi connectivity index (χ1n) is 7.24. The second kappa shape index (κ2) is 7.03. The molecule has 0 N–H and O–H groups in total. The van der Waals surface area contributed by atoms with Crippen LogP contribution in [0.4, 0.5) is 0 Å². The van der Waals surface area contributed by atoms with Gasteiger partial charge >= 0.3 is 5.97 Å². The van der Waals surface area contributed by atoms with Crippen LogP contribution in [0.2, 0.25) is 0 Å². The summed E-state index contributed by atoms with van der Waals surface area (Å²) in [7, 11) is 0. The number of rotatable bonds is 5. The number of ether oxygens (including phenoxy) is 1. The first kappa shape index (κ1) is 14.5. The average Bonchev–Trinajstić information content (AvgIpc) is 2.26. The molecule has 0 radical (unpaired) electrons. The molecule has 0 amide bonds. The van der Waals surface area contributed by atoms with Crippen LogP contribution in [0, 0.1) is 17.8 Å². The normalized spacial score (nSPS) is 29.4. The first-order chi connectivity index (χ1) is 8.04. The molecule has 0 unspecified atom stereocenters. The molecule has 1 rings (SSSR count). The van der Waals surface area contributed by atoms with Crippen LogP contribution in [0.1, 0.15) is 66.2 Å². The van der Waals surface area contributed by atoms with E-state index in [4.69, 9.17) is 4.74 Å². The fourth-order valence-electron chi connectivity index (χ4n) is 2.80. The molecule has 0 bridgehead atoms. The summed E-state index contributed by atoms with van der Waals surface area (Å²) in [6.45, 7) is 8.86. The zero-order chi connectivity index (χ0) is 12.8. The highest BCUT2D eigenvalue weighted by molar-refractivity contribution is 5.69. The van der Waals surface area contributed by atoms with Gasteiger partial charge in [0.1, 0.15) is 6.10 Å². The Morgan fingerprint density at radius 1 is 1.35 bits per heavy atom. The lowest BCUT2D eigenvalue weighted by Gasteiger charge is -2.36. The average molecular weight is 240 g/mol. The van der Waals surface area contributed by atoms with E-state index in [2.05, 4.69) is 27.7 Å². The summed E-state index contributed by atoms with van der Waals surface area (Å²) >= 11 is 0. The van der Waals surface area contributed by atoms with Gasteiger partial charge in [0.25, 0.3) is 0 Å². The van der Waals surface area contributed by atoms with E-state index in [1.165, 1.54) is 12.8 Å². The third kappa shape index (κ3) is 4.69. The lowest BCUT2D eigenvalue weighted by molar-refractivity contribution is -0.156. The van der Waals surface area contributed by atoms with Crippen LogP contribution in [-0.2, 0) is 9.53 Å². The van der Waals surface area contributed by atoms with Crippen LogP contribution in [0.5, 0.6) is 0 Å². The van der Waals surface area contributed by atoms with Gasteiger partial charge in [0.15, 0.2) is 0 Å². The van der Waals surface area contributed by atoms with Crippen molar-refractivity contribution < 1.29 is 9.53 Å².